The largest absolute Gasteiger partial charge is 0.434 e. The Hall–Kier alpha value is -4.69. The van der Waals surface area contributed by atoms with Crippen molar-refractivity contribution < 1.29 is 31.8 Å². The van der Waals surface area contributed by atoms with Crippen LogP contribution in [0, 0.1) is 15.5 Å². The molecule has 12 nitrogen and oxygen atoms in total. The van der Waals surface area contributed by atoms with Gasteiger partial charge in [0.05, 0.1) is 36.7 Å². The summed E-state index contributed by atoms with van der Waals surface area (Å²) in [7, 11) is -2.57. The lowest BCUT2D eigenvalue weighted by molar-refractivity contribution is -0.397. The molecule has 0 unspecified atom stereocenters. The second-order valence-corrected chi connectivity index (χ2v) is 13.9. The van der Waals surface area contributed by atoms with Crippen LogP contribution in [0.1, 0.15) is 29.8 Å². The van der Waals surface area contributed by atoms with Crippen molar-refractivity contribution in [3.05, 3.63) is 112 Å². The van der Waals surface area contributed by atoms with Crippen LogP contribution in [0.2, 0.25) is 0 Å². The summed E-state index contributed by atoms with van der Waals surface area (Å²) in [5, 5.41) is 15.7. The van der Waals surface area contributed by atoms with E-state index in [1.807, 2.05) is 48.5 Å². The summed E-state index contributed by atoms with van der Waals surface area (Å²) >= 11 is 0. The normalized spacial score (nSPS) is 15.9. The van der Waals surface area contributed by atoms with Gasteiger partial charge in [-0.05, 0) is 76.2 Å². The van der Waals surface area contributed by atoms with Crippen molar-refractivity contribution in [2.45, 2.75) is 37.6 Å². The molecule has 244 valence electrons. The molecule has 13 heteroatoms. The molecule has 1 aliphatic rings. The number of benzene rings is 4. The zero-order chi connectivity index (χ0) is 33.4. The van der Waals surface area contributed by atoms with Crippen LogP contribution in [0.3, 0.4) is 0 Å². The summed E-state index contributed by atoms with van der Waals surface area (Å²) in [6.45, 7) is 3.44. The van der Waals surface area contributed by atoms with Crippen LogP contribution in [-0.2, 0) is 36.9 Å². The number of fused-ring (bicyclic) bond motifs is 2. The topological polar surface area (TPSA) is 143 Å². The van der Waals surface area contributed by atoms with Crippen LogP contribution >= 0.6 is 0 Å². The molecule has 1 saturated heterocycles. The number of nitrogens with zero attached hydrogens (tertiary/aromatic N) is 4. The first-order valence-corrected chi connectivity index (χ1v) is 16.4. The molecule has 1 fully saturated rings. The highest BCUT2D eigenvalue weighted by molar-refractivity contribution is 7.86. The smallest absolute Gasteiger partial charge is 0.390 e. The summed E-state index contributed by atoms with van der Waals surface area (Å²) in [6, 6.07) is 23.8. The zero-order valence-electron chi connectivity index (χ0n) is 26.2. The first kappa shape index (κ1) is 32.3. The SMILES string of the molecule is CN(Cc1c2ccccc2cc2ccccc12)C(=O)c1ccc(S(=O)(=O)OCC2(Cn3ccnc3[N+](=O)[O-])COC(C)(C)OC2)cc1. The molecule has 0 saturated carbocycles. The van der Waals surface area contributed by atoms with Crippen LogP contribution < -0.4 is 0 Å². The highest BCUT2D eigenvalue weighted by Crippen LogP contribution is 2.34. The van der Waals surface area contributed by atoms with E-state index in [9.17, 15) is 23.3 Å². The Balaban J connectivity index is 1.18. The lowest BCUT2D eigenvalue weighted by atomic mass is 9.89. The van der Waals surface area contributed by atoms with Crippen molar-refractivity contribution >= 4 is 43.5 Å². The number of amides is 1. The Bertz CT molecular complexity index is 2010. The third-order valence-electron chi connectivity index (χ3n) is 8.35. The molecule has 0 bridgehead atoms. The molecule has 0 atom stereocenters. The monoisotopic (exact) mass is 658 g/mol. The molecule has 1 amide bonds. The Kier molecular flexibility index (Phi) is 8.57. The lowest BCUT2D eigenvalue weighted by Gasteiger charge is -2.42. The van der Waals surface area contributed by atoms with E-state index in [1.54, 1.807) is 25.8 Å². The number of rotatable bonds is 10. The quantitative estimate of drug-likeness (QED) is 0.0817. The van der Waals surface area contributed by atoms with Crippen LogP contribution in [0.4, 0.5) is 5.95 Å². The van der Waals surface area contributed by atoms with Gasteiger partial charge >= 0.3 is 5.95 Å². The third kappa shape index (κ3) is 6.74. The second-order valence-electron chi connectivity index (χ2n) is 12.3. The summed E-state index contributed by atoms with van der Waals surface area (Å²) in [6.07, 6.45) is 2.73. The minimum absolute atomic E-state index is 0.0244. The van der Waals surface area contributed by atoms with Gasteiger partial charge in [0.1, 0.15) is 12.4 Å². The molecule has 5 aromatic rings. The van der Waals surface area contributed by atoms with Crippen LogP contribution in [-0.4, -0.2) is 66.4 Å². The summed E-state index contributed by atoms with van der Waals surface area (Å²) in [5.74, 6) is -1.58. The van der Waals surface area contributed by atoms with Gasteiger partial charge in [-0.15, -0.1) is 0 Å². The number of ether oxygens (including phenoxy) is 2. The number of carbonyl (C=O) groups is 1. The van der Waals surface area contributed by atoms with Gasteiger partial charge in [0.25, 0.3) is 16.0 Å². The van der Waals surface area contributed by atoms with E-state index in [4.69, 9.17) is 13.7 Å². The van der Waals surface area contributed by atoms with Gasteiger partial charge in [0.2, 0.25) is 0 Å². The van der Waals surface area contributed by atoms with Gasteiger partial charge in [-0.25, -0.2) is 4.57 Å². The highest BCUT2D eigenvalue weighted by Gasteiger charge is 2.44. The van der Waals surface area contributed by atoms with Crippen molar-refractivity contribution in [3.63, 3.8) is 0 Å². The molecule has 0 N–H and O–H groups in total. The predicted octanol–water partition coefficient (Wildman–Crippen LogP) is 5.54. The fourth-order valence-electron chi connectivity index (χ4n) is 5.76. The molecule has 1 aromatic heterocycles. The van der Waals surface area contributed by atoms with Gasteiger partial charge in [0.15, 0.2) is 5.79 Å². The molecule has 1 aliphatic heterocycles. The number of hydrogen-bond acceptors (Lipinski definition) is 9. The molecular weight excluding hydrogens is 624 g/mol. The Labute approximate surface area is 271 Å². The first-order valence-electron chi connectivity index (χ1n) is 14.9. The first-order chi connectivity index (χ1) is 22.4. The minimum atomic E-state index is -4.29. The average Bonchev–Trinajstić information content (AvgIpc) is 3.53. The number of aromatic nitrogens is 2. The Morgan fingerprint density at radius 1 is 1.00 bits per heavy atom. The highest BCUT2D eigenvalue weighted by atomic mass is 32.2. The van der Waals surface area contributed by atoms with E-state index in [-0.39, 0.29) is 37.2 Å². The molecule has 4 aromatic carbocycles. The summed E-state index contributed by atoms with van der Waals surface area (Å²) in [4.78, 5) is 29.6. The van der Waals surface area contributed by atoms with E-state index in [0.717, 1.165) is 27.1 Å². The second kappa shape index (κ2) is 12.5. The van der Waals surface area contributed by atoms with E-state index in [2.05, 4.69) is 11.1 Å². The molecule has 0 aliphatic carbocycles. The van der Waals surface area contributed by atoms with Gasteiger partial charge < -0.3 is 24.5 Å². The van der Waals surface area contributed by atoms with Gasteiger partial charge in [-0.2, -0.15) is 8.42 Å². The summed E-state index contributed by atoms with van der Waals surface area (Å²) in [5.41, 5.74) is 0.269. The third-order valence-corrected chi connectivity index (χ3v) is 9.63. The van der Waals surface area contributed by atoms with E-state index >= 15 is 0 Å². The van der Waals surface area contributed by atoms with Crippen molar-refractivity contribution in [2.75, 3.05) is 26.9 Å². The van der Waals surface area contributed by atoms with Gasteiger partial charge in [-0.3, -0.25) is 8.98 Å². The fourth-order valence-corrected chi connectivity index (χ4v) is 6.77. The van der Waals surface area contributed by atoms with E-state index in [1.165, 1.54) is 41.2 Å². The average molecular weight is 659 g/mol. The van der Waals surface area contributed by atoms with Gasteiger partial charge in [0, 0.05) is 19.2 Å². The van der Waals surface area contributed by atoms with E-state index in [0.29, 0.717) is 12.1 Å². The van der Waals surface area contributed by atoms with Crippen molar-refractivity contribution in [1.82, 2.24) is 14.5 Å². The molecular formula is C34H34N4O8S. The molecule has 0 spiro atoms. The van der Waals surface area contributed by atoms with Crippen LogP contribution in [0.15, 0.2) is 96.2 Å². The standard InChI is InChI=1S/C34H34N4O8S/c1-33(2)44-21-34(22-45-33,20-37-17-16-35-32(37)38(40)41)23-46-47(42,43)27-14-12-24(13-15-27)31(39)36(3)19-30-28-10-6-4-8-25(28)18-26-9-5-7-11-29(26)30/h4-18H,19-23H2,1-3H3. The number of imidazole rings is 1. The molecule has 0 radical (unpaired) electrons. The molecule has 2 heterocycles. The Morgan fingerprint density at radius 3 is 2.19 bits per heavy atom. The number of carbonyl (C=O) groups excluding carboxylic acids is 1. The summed E-state index contributed by atoms with van der Waals surface area (Å²) < 4.78 is 45.0. The van der Waals surface area contributed by atoms with Crippen molar-refractivity contribution in [3.8, 4) is 0 Å². The van der Waals surface area contributed by atoms with Crippen molar-refractivity contribution in [2.24, 2.45) is 5.41 Å². The maximum absolute atomic E-state index is 13.5. The molecule has 47 heavy (non-hydrogen) atoms. The lowest BCUT2D eigenvalue weighted by Crippen LogP contribution is -2.51. The van der Waals surface area contributed by atoms with Crippen LogP contribution in [0.5, 0.6) is 0 Å². The van der Waals surface area contributed by atoms with Crippen molar-refractivity contribution in [1.29, 1.82) is 0 Å². The van der Waals surface area contributed by atoms with Crippen LogP contribution in [0.25, 0.3) is 21.5 Å². The van der Waals surface area contributed by atoms with E-state index < -0.39 is 32.2 Å². The maximum atomic E-state index is 13.5. The number of nitro groups is 1. The fraction of sp³-hybridized carbons (Fsp3) is 0.294. The van der Waals surface area contributed by atoms with Gasteiger partial charge in [-0.1, -0.05) is 53.5 Å². The Morgan fingerprint density at radius 2 is 1.60 bits per heavy atom. The maximum Gasteiger partial charge on any atom is 0.434 e. The predicted molar refractivity (Wildman–Crippen MR) is 174 cm³/mol. The molecule has 6 rings (SSSR count). The minimum Gasteiger partial charge on any atom is -0.390 e. The number of hydrogen-bond donors (Lipinski definition) is 0. The zero-order valence-corrected chi connectivity index (χ0v) is 27.0.